The van der Waals surface area contributed by atoms with Gasteiger partial charge in [0.2, 0.25) is 5.91 Å². The fraction of sp³-hybridized carbons (Fsp3) is 0.240. The van der Waals surface area contributed by atoms with E-state index in [0.717, 1.165) is 16.9 Å². The summed E-state index contributed by atoms with van der Waals surface area (Å²) in [6.07, 6.45) is 1.59. The number of rotatable bonds is 7. The predicted molar refractivity (Wildman–Crippen MR) is 126 cm³/mol. The van der Waals surface area contributed by atoms with E-state index in [4.69, 9.17) is 9.15 Å². The quantitative estimate of drug-likeness (QED) is 0.506. The molecule has 2 amide bonds. The summed E-state index contributed by atoms with van der Waals surface area (Å²) < 4.78 is 10.4. The van der Waals surface area contributed by atoms with Gasteiger partial charge < -0.3 is 19.4 Å². The smallest absolute Gasteiger partial charge is 0.338 e. The van der Waals surface area contributed by atoms with E-state index in [1.165, 1.54) is 0 Å². The van der Waals surface area contributed by atoms with Crippen LogP contribution in [0.3, 0.4) is 0 Å². The molecule has 1 aliphatic rings. The number of anilines is 1. The number of hydrogen-bond acceptors (Lipinski definition) is 6. The molecule has 170 valence electrons. The van der Waals surface area contributed by atoms with Gasteiger partial charge in [0.15, 0.2) is 0 Å². The molecule has 1 fully saturated rings. The van der Waals surface area contributed by atoms with Crippen LogP contribution in [0.1, 0.15) is 49.9 Å². The van der Waals surface area contributed by atoms with Crippen LogP contribution in [0.5, 0.6) is 0 Å². The van der Waals surface area contributed by atoms with Crippen molar-refractivity contribution in [3.05, 3.63) is 88.9 Å². The summed E-state index contributed by atoms with van der Waals surface area (Å²) in [6, 6.07) is 15.9. The minimum absolute atomic E-state index is 0.0601. The van der Waals surface area contributed by atoms with Crippen molar-refractivity contribution in [2.75, 3.05) is 17.7 Å². The normalized spacial score (nSPS) is 15.5. The lowest BCUT2D eigenvalue weighted by Crippen LogP contribution is -2.27. The molecule has 1 N–H and O–H groups in total. The first kappa shape index (κ1) is 22.7. The fourth-order valence-electron chi connectivity index (χ4n) is 3.61. The zero-order valence-electron chi connectivity index (χ0n) is 18.4. The van der Waals surface area contributed by atoms with Crippen molar-refractivity contribution in [3.63, 3.8) is 0 Å². The molecule has 2 aromatic carbocycles. The van der Waals surface area contributed by atoms with Gasteiger partial charge in [0.05, 0.1) is 30.7 Å². The van der Waals surface area contributed by atoms with E-state index in [2.05, 4.69) is 5.32 Å². The number of carbonyl (C=O) groups is 3. The SMILES string of the molecule is CCOC(=O)c1ccc(NC(=O)c2ccc(C3SCC(=O)N3Cc3ccco3)cc2)c(C)c1. The Labute approximate surface area is 196 Å². The van der Waals surface area contributed by atoms with Crippen LogP contribution < -0.4 is 5.32 Å². The first-order valence-corrected chi connectivity index (χ1v) is 11.6. The molecule has 0 bridgehead atoms. The van der Waals surface area contributed by atoms with Gasteiger partial charge in [0.25, 0.3) is 5.91 Å². The van der Waals surface area contributed by atoms with Crippen molar-refractivity contribution in [1.82, 2.24) is 4.90 Å². The number of nitrogens with zero attached hydrogens (tertiary/aromatic N) is 1. The molecule has 1 unspecified atom stereocenters. The molecule has 1 aromatic heterocycles. The molecule has 0 radical (unpaired) electrons. The molecule has 2 heterocycles. The van der Waals surface area contributed by atoms with E-state index in [0.29, 0.717) is 35.7 Å². The highest BCUT2D eigenvalue weighted by atomic mass is 32.2. The average Bonchev–Trinajstić information content (AvgIpc) is 3.46. The Morgan fingerprint density at radius 3 is 2.58 bits per heavy atom. The van der Waals surface area contributed by atoms with Crippen LogP contribution in [0.2, 0.25) is 0 Å². The molecule has 0 saturated carbocycles. The molecule has 3 aromatic rings. The van der Waals surface area contributed by atoms with Crippen LogP contribution in [-0.2, 0) is 16.1 Å². The van der Waals surface area contributed by atoms with Gasteiger partial charge in [-0.15, -0.1) is 11.8 Å². The number of carbonyl (C=O) groups excluding carboxylic acids is 3. The van der Waals surface area contributed by atoms with Crippen LogP contribution in [0.15, 0.2) is 65.3 Å². The summed E-state index contributed by atoms with van der Waals surface area (Å²) in [5.41, 5.74) is 3.28. The van der Waals surface area contributed by atoms with E-state index in [1.807, 2.05) is 25.1 Å². The number of furan rings is 1. The minimum atomic E-state index is -0.390. The molecule has 0 aliphatic carbocycles. The molecule has 4 rings (SSSR count). The van der Waals surface area contributed by atoms with Crippen LogP contribution >= 0.6 is 11.8 Å². The molecular weight excluding hydrogens is 440 g/mol. The fourth-order valence-corrected chi connectivity index (χ4v) is 4.80. The average molecular weight is 465 g/mol. The number of ether oxygens (including phenoxy) is 1. The van der Waals surface area contributed by atoms with Gasteiger partial charge in [0.1, 0.15) is 11.1 Å². The van der Waals surface area contributed by atoms with Crippen molar-refractivity contribution in [3.8, 4) is 0 Å². The van der Waals surface area contributed by atoms with Gasteiger partial charge in [-0.25, -0.2) is 4.79 Å². The lowest BCUT2D eigenvalue weighted by Gasteiger charge is -2.23. The number of amides is 2. The molecule has 1 saturated heterocycles. The number of esters is 1. The van der Waals surface area contributed by atoms with Gasteiger partial charge in [-0.3, -0.25) is 9.59 Å². The number of benzene rings is 2. The summed E-state index contributed by atoms with van der Waals surface area (Å²) in [5.74, 6) is 0.560. The zero-order valence-corrected chi connectivity index (χ0v) is 19.2. The Bertz CT molecular complexity index is 1160. The molecular formula is C25H24N2O5S. The number of aryl methyl sites for hydroxylation is 1. The third-order valence-corrected chi connectivity index (χ3v) is 6.57. The zero-order chi connectivity index (χ0) is 23.4. The second-order valence-corrected chi connectivity index (χ2v) is 8.66. The largest absolute Gasteiger partial charge is 0.467 e. The monoisotopic (exact) mass is 464 g/mol. The van der Waals surface area contributed by atoms with Crippen molar-refractivity contribution in [1.29, 1.82) is 0 Å². The second-order valence-electron chi connectivity index (χ2n) is 7.59. The highest BCUT2D eigenvalue weighted by Gasteiger charge is 2.33. The summed E-state index contributed by atoms with van der Waals surface area (Å²) in [5, 5.41) is 2.76. The number of hydrogen-bond donors (Lipinski definition) is 1. The molecule has 8 heteroatoms. The highest BCUT2D eigenvalue weighted by Crippen LogP contribution is 2.39. The Morgan fingerprint density at radius 1 is 1.15 bits per heavy atom. The molecule has 7 nitrogen and oxygen atoms in total. The van der Waals surface area contributed by atoms with E-state index in [9.17, 15) is 14.4 Å². The van der Waals surface area contributed by atoms with Crippen molar-refractivity contribution >= 4 is 35.2 Å². The summed E-state index contributed by atoms with van der Waals surface area (Å²) in [7, 11) is 0. The Morgan fingerprint density at radius 2 is 1.91 bits per heavy atom. The minimum Gasteiger partial charge on any atom is -0.467 e. The van der Waals surface area contributed by atoms with Crippen LogP contribution in [0, 0.1) is 6.92 Å². The molecule has 1 aliphatic heterocycles. The lowest BCUT2D eigenvalue weighted by atomic mass is 10.1. The van der Waals surface area contributed by atoms with Gasteiger partial charge in [-0.1, -0.05) is 12.1 Å². The lowest BCUT2D eigenvalue weighted by molar-refractivity contribution is -0.128. The molecule has 33 heavy (non-hydrogen) atoms. The van der Waals surface area contributed by atoms with E-state index in [-0.39, 0.29) is 17.2 Å². The van der Waals surface area contributed by atoms with Crippen LogP contribution in [0.25, 0.3) is 0 Å². The molecule has 1 atom stereocenters. The Kier molecular flexibility index (Phi) is 6.84. The predicted octanol–water partition coefficient (Wildman–Crippen LogP) is 4.79. The van der Waals surface area contributed by atoms with Crippen LogP contribution in [0.4, 0.5) is 5.69 Å². The van der Waals surface area contributed by atoms with Gasteiger partial charge >= 0.3 is 5.97 Å². The standard InChI is InChI=1S/C25H24N2O5S/c1-3-31-25(30)19-10-11-21(16(2)13-19)26-23(29)17-6-8-18(9-7-17)24-27(22(28)15-33-24)14-20-5-4-12-32-20/h4-13,24H,3,14-15H2,1-2H3,(H,26,29). The maximum absolute atomic E-state index is 12.8. The van der Waals surface area contributed by atoms with Crippen LogP contribution in [-0.4, -0.2) is 35.0 Å². The highest BCUT2D eigenvalue weighted by molar-refractivity contribution is 8.00. The van der Waals surface area contributed by atoms with Crippen molar-refractivity contribution in [2.45, 2.75) is 25.8 Å². The topological polar surface area (TPSA) is 88.8 Å². The van der Waals surface area contributed by atoms with Gasteiger partial charge in [0, 0.05) is 11.3 Å². The van der Waals surface area contributed by atoms with E-state index in [1.54, 1.807) is 66.2 Å². The maximum atomic E-state index is 12.8. The van der Waals surface area contributed by atoms with Crippen molar-refractivity contribution in [2.24, 2.45) is 0 Å². The first-order chi connectivity index (χ1) is 16.0. The third-order valence-electron chi connectivity index (χ3n) is 5.32. The summed E-state index contributed by atoms with van der Waals surface area (Å²) >= 11 is 1.56. The van der Waals surface area contributed by atoms with Crippen molar-refractivity contribution < 1.29 is 23.5 Å². The maximum Gasteiger partial charge on any atom is 0.338 e. The van der Waals surface area contributed by atoms with Gasteiger partial charge in [-0.2, -0.15) is 0 Å². The second kappa shape index (κ2) is 9.95. The third kappa shape index (κ3) is 5.12. The molecule has 0 spiro atoms. The summed E-state index contributed by atoms with van der Waals surface area (Å²) in [4.78, 5) is 38.8. The first-order valence-electron chi connectivity index (χ1n) is 10.6. The summed E-state index contributed by atoms with van der Waals surface area (Å²) in [6.45, 7) is 4.29. The number of nitrogens with one attached hydrogen (secondary N) is 1. The van der Waals surface area contributed by atoms with Gasteiger partial charge in [-0.05, 0) is 67.4 Å². The Hall–Kier alpha value is -3.52. The van der Waals surface area contributed by atoms with E-state index >= 15 is 0 Å². The Balaban J connectivity index is 1.44. The van der Waals surface area contributed by atoms with E-state index < -0.39 is 5.97 Å². The number of thioether (sulfide) groups is 1.